The molecule has 0 radical (unpaired) electrons. The lowest BCUT2D eigenvalue weighted by Crippen LogP contribution is -2.88. The highest BCUT2D eigenvalue weighted by Crippen LogP contribution is 2.11. The third-order valence-corrected chi connectivity index (χ3v) is 6.02. The maximum absolute atomic E-state index is 12.9. The summed E-state index contributed by atoms with van der Waals surface area (Å²) in [5.41, 5.74) is 0. The summed E-state index contributed by atoms with van der Waals surface area (Å²) in [6, 6.07) is -4.14. The molecule has 0 aromatic carbocycles. The molecule has 0 aliphatic heterocycles. The van der Waals surface area contributed by atoms with E-state index in [1.165, 1.54) is 63.7 Å². The Balaban J connectivity index is 0. The summed E-state index contributed by atoms with van der Waals surface area (Å²) in [5.74, 6) is -3.11. The monoisotopic (exact) mass is 461 g/mol. The number of quaternary nitrogens is 1. The molecule has 0 aliphatic carbocycles. The molecule has 12 nitrogen and oxygen atoms in total. The lowest BCUT2D eigenvalue weighted by molar-refractivity contribution is -0.647. The molecule has 0 saturated heterocycles. The molecule has 0 bridgehead atoms. The Morgan fingerprint density at radius 3 is 1.09 bits per heavy atom. The number of carboxylic acids is 1. The second-order valence-corrected chi connectivity index (χ2v) is 7.94. The predicted molar refractivity (Wildman–Crippen MR) is 115 cm³/mol. The van der Waals surface area contributed by atoms with E-state index in [4.69, 9.17) is 0 Å². The number of hydrogen-bond acceptors (Lipinski definition) is 6. The fraction of sp³-hybridized carbons (Fsp3) is 0.750. The number of carboxylic acid groups (broad SMARTS) is 1. The van der Waals surface area contributed by atoms with E-state index >= 15 is 0 Å². The maximum atomic E-state index is 12.9. The summed E-state index contributed by atoms with van der Waals surface area (Å²) in [5, 5.41) is 12.7. The molecule has 5 atom stereocenters. The van der Waals surface area contributed by atoms with Gasteiger partial charge in [0.2, 0.25) is 17.7 Å². The maximum Gasteiger partial charge on any atom is 0.280 e. The van der Waals surface area contributed by atoms with Gasteiger partial charge in [-0.25, -0.2) is 0 Å². The standard InChI is InChI=1S/C20H37N5O6.H2O/c1-11(21-6)16(26)22(7)12(2)17(27)23(8)13(3)18(28)24(9)14(4)19(29)25(10)15(5)20(30)31;/h11-15,21H,1-10H3,(H,30,31);1H2/t11-,12-,13-,14-,15-;/m0./s1. The Hall–Kier alpha value is -2.73. The first-order valence-corrected chi connectivity index (χ1v) is 10.2. The summed E-state index contributed by atoms with van der Waals surface area (Å²) in [6.07, 6.45) is 0. The molecule has 0 rings (SSSR count). The van der Waals surface area contributed by atoms with Crippen LogP contribution in [0.3, 0.4) is 0 Å². The van der Waals surface area contributed by atoms with Crippen LogP contribution in [0.25, 0.3) is 0 Å². The van der Waals surface area contributed by atoms with Crippen LogP contribution in [0.15, 0.2) is 0 Å². The molecule has 0 aliphatic rings. The van der Waals surface area contributed by atoms with Gasteiger partial charge in [-0.05, 0) is 34.6 Å². The van der Waals surface area contributed by atoms with E-state index in [2.05, 4.69) is 0 Å². The van der Waals surface area contributed by atoms with Crippen LogP contribution in [0, 0.1) is 0 Å². The normalized spacial score (nSPS) is 15.2. The van der Waals surface area contributed by atoms with E-state index in [0.29, 0.717) is 0 Å². The predicted octanol–water partition coefficient (Wildman–Crippen LogP) is -4.12. The molecule has 4 amide bonds. The zero-order valence-electron chi connectivity index (χ0n) is 20.7. The molecule has 0 aromatic heterocycles. The van der Waals surface area contributed by atoms with Crippen molar-refractivity contribution < 1.29 is 39.9 Å². The zero-order valence-corrected chi connectivity index (χ0v) is 20.7. The summed E-state index contributed by atoms with van der Waals surface area (Å²) in [7, 11) is 7.49. The van der Waals surface area contributed by atoms with Gasteiger partial charge in [-0.2, -0.15) is 0 Å². The molecule has 0 saturated carbocycles. The lowest BCUT2D eigenvalue weighted by atomic mass is 10.1. The second-order valence-electron chi connectivity index (χ2n) is 7.94. The van der Waals surface area contributed by atoms with Crippen molar-refractivity contribution in [3.05, 3.63) is 0 Å². The smallest absolute Gasteiger partial charge is 0.280 e. The molecule has 32 heavy (non-hydrogen) atoms. The van der Waals surface area contributed by atoms with Crippen LogP contribution < -0.4 is 10.4 Å². The Bertz CT molecular complexity index is 702. The van der Waals surface area contributed by atoms with Crippen molar-refractivity contribution in [2.75, 3.05) is 35.2 Å². The number of nitrogens with two attached hydrogens (primary N) is 1. The Kier molecular flexibility index (Phi) is 12.7. The molecule has 0 spiro atoms. The van der Waals surface area contributed by atoms with Gasteiger partial charge in [-0.1, -0.05) is 0 Å². The highest BCUT2D eigenvalue weighted by atomic mass is 16.4. The van der Waals surface area contributed by atoms with Crippen molar-refractivity contribution in [1.29, 1.82) is 0 Å². The molecule has 12 heteroatoms. The van der Waals surface area contributed by atoms with E-state index in [-0.39, 0.29) is 17.4 Å². The fourth-order valence-corrected chi connectivity index (χ4v) is 2.77. The second kappa shape index (κ2) is 13.0. The quantitative estimate of drug-likeness (QED) is 0.346. The Morgan fingerprint density at radius 1 is 0.594 bits per heavy atom. The van der Waals surface area contributed by atoms with E-state index in [1.54, 1.807) is 26.2 Å². The number of likely N-dealkylation sites (N-methyl/N-ethyl adjacent to an activating group) is 5. The largest absolute Gasteiger partial charge is 0.548 e. The third-order valence-electron chi connectivity index (χ3n) is 6.02. The molecule has 4 N–H and O–H groups in total. The van der Waals surface area contributed by atoms with E-state index in [1.807, 2.05) is 0 Å². The van der Waals surface area contributed by atoms with Crippen molar-refractivity contribution in [2.45, 2.75) is 64.8 Å². The number of carbonyl (C=O) groups excluding carboxylic acids is 5. The van der Waals surface area contributed by atoms with Crippen LogP contribution in [0.5, 0.6) is 0 Å². The molecular formula is C20H39N5O7. The van der Waals surface area contributed by atoms with Gasteiger partial charge in [0.15, 0.2) is 6.04 Å². The van der Waals surface area contributed by atoms with Gasteiger partial charge >= 0.3 is 0 Å². The van der Waals surface area contributed by atoms with Gasteiger partial charge in [0, 0.05) is 28.2 Å². The molecule has 0 fully saturated rings. The van der Waals surface area contributed by atoms with Crippen LogP contribution in [-0.2, 0) is 24.0 Å². The highest BCUT2D eigenvalue weighted by Gasteiger charge is 2.35. The van der Waals surface area contributed by atoms with E-state index < -0.39 is 47.9 Å². The minimum absolute atomic E-state index is 0. The third kappa shape index (κ3) is 7.16. The molecular weight excluding hydrogens is 422 g/mol. The van der Waals surface area contributed by atoms with Crippen LogP contribution in [0.1, 0.15) is 34.6 Å². The minimum atomic E-state index is -1.40. The van der Waals surface area contributed by atoms with Gasteiger partial charge in [0.05, 0.1) is 19.1 Å². The number of rotatable bonds is 10. The topological polar surface area (TPSA) is 169 Å². The zero-order chi connectivity index (χ0) is 24.8. The van der Waals surface area contributed by atoms with Crippen molar-refractivity contribution in [1.82, 2.24) is 19.6 Å². The Morgan fingerprint density at radius 2 is 0.844 bits per heavy atom. The number of amides is 4. The number of hydrogen-bond donors (Lipinski definition) is 1. The first-order chi connectivity index (χ1) is 14.1. The summed E-state index contributed by atoms with van der Waals surface area (Å²) in [4.78, 5) is 66.4. The number of nitrogens with zero attached hydrogens (tertiary/aromatic N) is 4. The van der Waals surface area contributed by atoms with Crippen LogP contribution in [0.2, 0.25) is 0 Å². The number of aliphatic carboxylic acids is 1. The van der Waals surface area contributed by atoms with Gasteiger partial charge < -0.3 is 40.3 Å². The summed E-state index contributed by atoms with van der Waals surface area (Å²) >= 11 is 0. The molecule has 0 unspecified atom stereocenters. The first kappa shape index (κ1) is 31.5. The fourth-order valence-electron chi connectivity index (χ4n) is 2.77. The average Bonchev–Trinajstić information content (AvgIpc) is 2.76. The van der Waals surface area contributed by atoms with Crippen LogP contribution in [0.4, 0.5) is 0 Å². The van der Waals surface area contributed by atoms with Crippen LogP contribution >= 0.6 is 0 Å². The van der Waals surface area contributed by atoms with Crippen molar-refractivity contribution in [2.24, 2.45) is 0 Å². The Labute approximate surface area is 189 Å². The van der Waals surface area contributed by atoms with Gasteiger partial charge in [0.1, 0.15) is 18.1 Å². The van der Waals surface area contributed by atoms with E-state index in [9.17, 15) is 29.1 Å². The van der Waals surface area contributed by atoms with Gasteiger partial charge in [0.25, 0.3) is 5.91 Å². The van der Waals surface area contributed by atoms with Crippen molar-refractivity contribution >= 4 is 29.6 Å². The lowest BCUT2D eigenvalue weighted by Gasteiger charge is -2.36. The van der Waals surface area contributed by atoms with E-state index in [0.717, 1.165) is 4.90 Å². The summed E-state index contributed by atoms with van der Waals surface area (Å²) in [6.45, 7) is 7.64. The van der Waals surface area contributed by atoms with Gasteiger partial charge in [-0.15, -0.1) is 0 Å². The number of carbonyl (C=O) groups is 5. The van der Waals surface area contributed by atoms with Crippen LogP contribution in [-0.4, -0.2) is 120 Å². The van der Waals surface area contributed by atoms with Crippen molar-refractivity contribution in [3.8, 4) is 0 Å². The van der Waals surface area contributed by atoms with Gasteiger partial charge in [-0.3, -0.25) is 19.2 Å². The molecule has 186 valence electrons. The average molecular weight is 462 g/mol. The highest BCUT2D eigenvalue weighted by molar-refractivity contribution is 5.94. The minimum Gasteiger partial charge on any atom is -0.548 e. The van der Waals surface area contributed by atoms with Crippen molar-refractivity contribution in [3.63, 3.8) is 0 Å². The first-order valence-electron chi connectivity index (χ1n) is 10.2. The molecule has 0 heterocycles. The molecule has 0 aromatic rings. The summed E-state index contributed by atoms with van der Waals surface area (Å²) < 4.78 is 0. The SMILES string of the molecule is C[NH2+][C@@H](C)C(=O)N(C)[C@@H](C)C(=O)N(C)[C@@H](C)C(=O)N(C)[C@@H](C)C(=O)N(C)[C@@H](C)C(=O)[O-].O.